The first-order valence-electron chi connectivity index (χ1n) is 46.2. The van der Waals surface area contributed by atoms with Gasteiger partial charge in [-0.3, -0.25) is 0 Å². The Morgan fingerprint density at radius 3 is 0.611 bits per heavy atom. The van der Waals surface area contributed by atoms with Crippen molar-refractivity contribution in [3.05, 3.63) is 472 Å². The lowest BCUT2D eigenvalue weighted by Crippen LogP contribution is -2.20. The highest BCUT2D eigenvalue weighted by atomic mass is 79.9. The predicted octanol–water partition coefficient (Wildman–Crippen LogP) is 39.0. The molecule has 4 heteroatoms. The third-order valence-electron chi connectivity index (χ3n) is 26.7. The van der Waals surface area contributed by atoms with Gasteiger partial charge >= 0.3 is 0 Å². The van der Waals surface area contributed by atoms with Gasteiger partial charge in [0.2, 0.25) is 0 Å². The van der Waals surface area contributed by atoms with Crippen molar-refractivity contribution >= 4 is 63.7 Å². The van der Waals surface area contributed by atoms with Crippen LogP contribution in [0.3, 0.4) is 0 Å². The van der Waals surface area contributed by atoms with Gasteiger partial charge in [-0.15, -0.1) is 0 Å². The fourth-order valence-corrected chi connectivity index (χ4v) is 18.6. The normalized spacial score (nSPS) is 10.6. The van der Waals surface area contributed by atoms with Gasteiger partial charge in [0.1, 0.15) is 0 Å². The van der Waals surface area contributed by atoms with Crippen molar-refractivity contribution in [3.63, 3.8) is 0 Å². The van der Waals surface area contributed by atoms with Crippen molar-refractivity contribution in [3.8, 4) is 44.5 Å². The molecule has 131 heavy (non-hydrogen) atoms. The first-order valence-corrected chi connectivity index (χ1v) is 49.4. The Hall–Kier alpha value is -9.78. The van der Waals surface area contributed by atoms with Gasteiger partial charge < -0.3 is 0 Å². The number of rotatable bonds is 8. The minimum absolute atomic E-state index is 0.0342. The van der Waals surface area contributed by atoms with Gasteiger partial charge in [-0.2, -0.15) is 0 Å². The van der Waals surface area contributed by atoms with E-state index in [-0.39, 0.29) is 5.41 Å². The molecule has 684 valence electrons. The van der Waals surface area contributed by atoms with Crippen LogP contribution < -0.4 is 0 Å². The molecule has 0 atom stereocenters. The molecule has 15 aromatic rings. The monoisotopic (exact) mass is 1990 g/mol. The Labute approximate surface area is 827 Å². The summed E-state index contributed by atoms with van der Waals surface area (Å²) < 4.78 is 4.58. The second kappa shape index (κ2) is 49.8. The molecule has 0 fully saturated rings. The summed E-state index contributed by atoms with van der Waals surface area (Å²) in [5.41, 5.74) is 60.4. The van der Waals surface area contributed by atoms with E-state index in [1.54, 1.807) is 0 Å². The molecule has 0 heterocycles. The zero-order valence-corrected chi connectivity index (χ0v) is 92.2. The number of hydrogen-bond donors (Lipinski definition) is 0. The summed E-state index contributed by atoms with van der Waals surface area (Å²) in [6, 6.07) is 90.1. The zero-order chi connectivity index (χ0) is 97.5. The molecule has 0 N–H and O–H groups in total. The highest BCUT2D eigenvalue weighted by Gasteiger charge is 2.27. The maximum absolute atomic E-state index is 3.82. The largest absolute Gasteiger partial charge is 0.0617 e. The van der Waals surface area contributed by atoms with Crippen LogP contribution in [0.15, 0.2) is 267 Å². The molecule has 0 aliphatic heterocycles. The molecule has 15 aromatic carbocycles. The average molecular weight is 1990 g/mol. The van der Waals surface area contributed by atoms with E-state index in [1.807, 2.05) is 0 Å². The van der Waals surface area contributed by atoms with E-state index in [1.165, 1.54) is 250 Å². The summed E-state index contributed by atoms with van der Waals surface area (Å²) in [5.74, 6) is 0. The summed E-state index contributed by atoms with van der Waals surface area (Å²) in [6.45, 7) is 76.0. The SMILES string of the molecule is Cc1c(C)c(Br)c(-c2c(Br)c(C)c(C)c(C)c2Br)c(Br)c1C.Cc1cc(-c2cc(C)c(C)c(C)c2)cc(C)c1C.Cc1cc(C(C)(C)c2cc(C)c(C)c(C)c2)cc(C)c1C.Cc1ccc(-c2ccc(C)c(C)c2)cc1C.Cc1ccc(-c2ccc(C)cc2)cc1.Cc1ccc(C)c(C)c1.Cc1ccc(C)cc1.Cc1ccc(Cc2ccc(C)cc2)cc1.Cc1cccc(C)c1. The van der Waals surface area contributed by atoms with Gasteiger partial charge in [-0.1, -0.05) is 313 Å². The summed E-state index contributed by atoms with van der Waals surface area (Å²) in [4.78, 5) is 0. The molecule has 0 amide bonds. The summed E-state index contributed by atoms with van der Waals surface area (Å²) in [7, 11) is 0. The third kappa shape index (κ3) is 30.9. The van der Waals surface area contributed by atoms with Crippen LogP contribution in [-0.4, -0.2) is 0 Å². The van der Waals surface area contributed by atoms with Crippen LogP contribution in [0, 0.1) is 228 Å². The van der Waals surface area contributed by atoms with Gasteiger partial charge in [0.25, 0.3) is 0 Å². The highest BCUT2D eigenvalue weighted by Crippen LogP contribution is 2.49. The van der Waals surface area contributed by atoms with Crippen LogP contribution >= 0.6 is 63.7 Å². The highest BCUT2D eigenvalue weighted by molar-refractivity contribution is 9.11. The lowest BCUT2D eigenvalue weighted by molar-refractivity contribution is 0.637. The van der Waals surface area contributed by atoms with Gasteiger partial charge in [-0.25, -0.2) is 0 Å². The molecular weight excluding hydrogens is 1850 g/mol. The van der Waals surface area contributed by atoms with E-state index in [0.717, 1.165) is 24.3 Å². The van der Waals surface area contributed by atoms with Crippen LogP contribution in [0.5, 0.6) is 0 Å². The molecule has 0 saturated heterocycles. The van der Waals surface area contributed by atoms with E-state index < -0.39 is 0 Å². The van der Waals surface area contributed by atoms with Crippen molar-refractivity contribution in [2.75, 3.05) is 0 Å². The van der Waals surface area contributed by atoms with Crippen molar-refractivity contribution in [1.82, 2.24) is 0 Å². The smallest absolute Gasteiger partial charge is 0.0297 e. The molecule has 0 aliphatic rings. The summed E-state index contributed by atoms with van der Waals surface area (Å²) in [5, 5.41) is 0. The second-order valence-corrected chi connectivity index (χ2v) is 40.9. The summed E-state index contributed by atoms with van der Waals surface area (Å²) in [6.07, 6.45) is 1.03. The molecule has 0 spiro atoms. The molecule has 0 nitrogen and oxygen atoms in total. The molecule has 0 saturated carbocycles. The van der Waals surface area contributed by atoms with Crippen LogP contribution in [-0.2, 0) is 11.8 Å². The minimum Gasteiger partial charge on any atom is -0.0617 e. The van der Waals surface area contributed by atoms with Gasteiger partial charge in [0.15, 0.2) is 0 Å². The van der Waals surface area contributed by atoms with Crippen LogP contribution in [0.2, 0.25) is 0 Å². The van der Waals surface area contributed by atoms with E-state index >= 15 is 0 Å². The first-order chi connectivity index (χ1) is 61.5. The molecule has 0 radical (unpaired) electrons. The molecule has 0 bridgehead atoms. The Morgan fingerprint density at radius 2 is 0.374 bits per heavy atom. The predicted molar refractivity (Wildman–Crippen MR) is 595 cm³/mol. The van der Waals surface area contributed by atoms with Gasteiger partial charge in [-0.05, 0) is 488 Å². The summed E-state index contributed by atoms with van der Waals surface area (Å²) >= 11 is 15.3. The van der Waals surface area contributed by atoms with Crippen LogP contribution in [0.4, 0.5) is 0 Å². The van der Waals surface area contributed by atoms with Gasteiger partial charge in [0, 0.05) is 34.4 Å². The van der Waals surface area contributed by atoms with E-state index in [0.29, 0.717) is 0 Å². The second-order valence-electron chi connectivity index (χ2n) is 37.7. The van der Waals surface area contributed by atoms with E-state index in [9.17, 15) is 0 Å². The topological polar surface area (TPSA) is 0 Å². The van der Waals surface area contributed by atoms with Gasteiger partial charge in [0.05, 0.1) is 0 Å². The Kier molecular flexibility index (Phi) is 41.2. The standard InChI is InChI=1S/C21H28.C18H18Br4.C18H22.C16H18.C15H16.C14H14.C9H12.2C8H10/c1-13-9-19(10-14(2)17(13)5)21(7,8)20-11-15(3)18(6)16(4)12-20;1-7-9(3)15(19)13(16(20)10(7)4)14-17(21)11(5)8(2)12(6)18(14)22;1-11-7-17(8-12(2)15(11)5)18-9-13(3)16(6)14(4)10-18;1-11-5-7-15(9-13(11)3)16-8-6-12(2)14(4)10-16;1-12-3-7-14(8-4-12)11-15-9-5-13(2)6-10-15;1-11-3-7-13(8-4-11)14-9-5-12(2)6-10-14;1-7-4-5-8(2)9(3)6-7;1-7-3-5-8(2)6-4-7;1-7-4-3-5-8(2)6-7/h9-12H,1-8H3;1-6H3;7-10H,1-6H3;5-10H,1-4H3;3-10H,11H2,1-2H3;3-10H,1-2H3;4-6H,1-3H3;2*3-6H,1-2H3. The van der Waals surface area contributed by atoms with Crippen LogP contribution in [0.25, 0.3) is 44.5 Å². The molecule has 15 rings (SSSR count). The Morgan fingerprint density at radius 1 is 0.168 bits per heavy atom. The molecular formula is C127H148Br4. The number of aryl methyl sites for hydroxylation is 23. The average Bonchev–Trinajstić information content (AvgIpc) is 0.747. The fraction of sp³-hybridized carbons (Fsp3) is 0.291. The maximum atomic E-state index is 3.82. The first kappa shape index (κ1) is 108. The number of hydrogen-bond acceptors (Lipinski definition) is 0. The zero-order valence-electron chi connectivity index (χ0n) is 85.9. The fourth-order valence-electron chi connectivity index (χ4n) is 15.3. The van der Waals surface area contributed by atoms with Crippen molar-refractivity contribution in [2.24, 2.45) is 0 Å². The molecule has 0 aliphatic carbocycles. The third-order valence-corrected chi connectivity index (χ3v) is 30.6. The van der Waals surface area contributed by atoms with Crippen molar-refractivity contribution < 1.29 is 0 Å². The lowest BCUT2D eigenvalue weighted by Gasteiger charge is -2.29. The number of halogens is 4. The maximum Gasteiger partial charge on any atom is 0.0297 e. The Balaban J connectivity index is 0.000000205. The number of benzene rings is 15. The molecule has 0 unspecified atom stereocenters. The van der Waals surface area contributed by atoms with Crippen LogP contribution in [0.1, 0.15) is 220 Å². The minimum atomic E-state index is 0.0342. The van der Waals surface area contributed by atoms with Crippen molar-refractivity contribution in [2.45, 2.75) is 254 Å². The lowest BCUT2D eigenvalue weighted by atomic mass is 9.75. The Bertz CT molecular complexity index is 5870. The van der Waals surface area contributed by atoms with Crippen molar-refractivity contribution in [1.29, 1.82) is 0 Å². The van der Waals surface area contributed by atoms with E-state index in [4.69, 9.17) is 0 Å². The molecule has 0 aromatic heterocycles. The van der Waals surface area contributed by atoms with E-state index in [2.05, 4.69) is 555 Å². The quantitative estimate of drug-likeness (QED) is 0.142.